The Morgan fingerprint density at radius 1 is 0.864 bits per heavy atom. The number of carbonyl (C=O) groups is 1. The minimum Gasteiger partial charge on any atom is -0.497 e. The van der Waals surface area contributed by atoms with Crippen LogP contribution in [-0.4, -0.2) is 22.9 Å². The molecule has 4 aromatic rings. The zero-order chi connectivity index (χ0) is 15.1. The third-order valence-corrected chi connectivity index (χ3v) is 3.85. The molecule has 0 aliphatic heterocycles. The molecule has 4 nitrogen and oxygen atoms in total. The first-order chi connectivity index (χ1) is 10.7. The number of para-hydroxylation sites is 1. The third kappa shape index (κ3) is 1.97. The smallest absolute Gasteiger partial charge is 0.225 e. The molecule has 0 spiro atoms. The Labute approximate surface area is 126 Å². The van der Waals surface area contributed by atoms with E-state index < -0.39 is 0 Å². The van der Waals surface area contributed by atoms with Gasteiger partial charge in [0.25, 0.3) is 0 Å². The van der Waals surface area contributed by atoms with Crippen LogP contribution in [0.1, 0.15) is 16.2 Å². The molecule has 0 fully saturated rings. The third-order valence-electron chi connectivity index (χ3n) is 3.85. The predicted molar refractivity (Wildman–Crippen MR) is 86.6 cm³/mol. The van der Waals surface area contributed by atoms with Crippen LogP contribution in [0, 0.1) is 0 Å². The largest absolute Gasteiger partial charge is 0.497 e. The number of methoxy groups -OCH3 is 1. The lowest BCUT2D eigenvalue weighted by molar-refractivity contribution is 0.103. The van der Waals surface area contributed by atoms with Crippen LogP contribution < -0.4 is 4.74 Å². The van der Waals surface area contributed by atoms with Crippen LogP contribution in [0.25, 0.3) is 21.8 Å². The van der Waals surface area contributed by atoms with Crippen molar-refractivity contribution < 1.29 is 9.53 Å². The van der Waals surface area contributed by atoms with E-state index in [4.69, 9.17) is 4.74 Å². The summed E-state index contributed by atoms with van der Waals surface area (Å²) in [4.78, 5) is 19.0. The number of ether oxygens (including phenoxy) is 1. The maximum Gasteiger partial charge on any atom is 0.225 e. The first-order valence-electron chi connectivity index (χ1n) is 7.04. The van der Waals surface area contributed by atoms with Crippen molar-refractivity contribution in [2.24, 2.45) is 0 Å². The summed E-state index contributed by atoms with van der Waals surface area (Å²) in [6.45, 7) is 0. The van der Waals surface area contributed by atoms with Crippen molar-refractivity contribution in [3.05, 3.63) is 66.0 Å². The Morgan fingerprint density at radius 2 is 1.55 bits per heavy atom. The maximum absolute atomic E-state index is 12.6. The average molecular weight is 290 g/mol. The summed E-state index contributed by atoms with van der Waals surface area (Å²) in [5.41, 5.74) is 3.03. The lowest BCUT2D eigenvalue weighted by atomic mass is 10.2. The predicted octanol–water partition coefficient (Wildman–Crippen LogP) is 3.89. The molecule has 0 aliphatic carbocycles. The second-order valence-electron chi connectivity index (χ2n) is 5.24. The van der Waals surface area contributed by atoms with E-state index in [1.54, 1.807) is 7.11 Å². The van der Waals surface area contributed by atoms with E-state index in [-0.39, 0.29) is 5.78 Å². The van der Waals surface area contributed by atoms with E-state index in [0.29, 0.717) is 11.4 Å². The SMILES string of the molecule is COc1ccc2[nH]c(C(=O)c3cc4ccccc4[nH]3)cc2c1. The Hall–Kier alpha value is -3.01. The van der Waals surface area contributed by atoms with Gasteiger partial charge in [-0.25, -0.2) is 0 Å². The number of nitrogens with one attached hydrogen (secondary N) is 2. The zero-order valence-corrected chi connectivity index (χ0v) is 12.0. The second kappa shape index (κ2) is 4.77. The minimum absolute atomic E-state index is 0.0497. The normalized spacial score (nSPS) is 11.1. The molecule has 0 amide bonds. The van der Waals surface area contributed by atoms with Crippen molar-refractivity contribution in [3.8, 4) is 5.75 Å². The van der Waals surface area contributed by atoms with Crippen LogP contribution in [0.5, 0.6) is 5.75 Å². The number of carbonyl (C=O) groups excluding carboxylic acids is 1. The van der Waals surface area contributed by atoms with Gasteiger partial charge >= 0.3 is 0 Å². The number of aromatic amines is 2. The minimum atomic E-state index is -0.0497. The van der Waals surface area contributed by atoms with E-state index in [1.807, 2.05) is 54.6 Å². The zero-order valence-electron chi connectivity index (χ0n) is 12.0. The van der Waals surface area contributed by atoms with Gasteiger partial charge in [0.05, 0.1) is 18.5 Å². The van der Waals surface area contributed by atoms with Crippen molar-refractivity contribution in [1.29, 1.82) is 0 Å². The summed E-state index contributed by atoms with van der Waals surface area (Å²) < 4.78 is 5.21. The molecule has 0 aliphatic rings. The topological polar surface area (TPSA) is 57.9 Å². The molecule has 108 valence electrons. The summed E-state index contributed by atoms with van der Waals surface area (Å²) in [6, 6.07) is 17.3. The van der Waals surface area contributed by atoms with Crippen LogP contribution >= 0.6 is 0 Å². The van der Waals surface area contributed by atoms with E-state index in [9.17, 15) is 4.79 Å². The number of rotatable bonds is 3. The molecule has 0 saturated heterocycles. The molecular weight excluding hydrogens is 276 g/mol. The molecule has 4 heteroatoms. The monoisotopic (exact) mass is 290 g/mol. The molecule has 22 heavy (non-hydrogen) atoms. The Kier molecular flexibility index (Phi) is 2.76. The van der Waals surface area contributed by atoms with Gasteiger partial charge in [0.15, 0.2) is 0 Å². The number of H-pyrrole nitrogens is 2. The Morgan fingerprint density at radius 3 is 2.27 bits per heavy atom. The van der Waals surface area contributed by atoms with Crippen molar-refractivity contribution in [1.82, 2.24) is 9.97 Å². The number of benzene rings is 2. The number of hydrogen-bond acceptors (Lipinski definition) is 2. The molecule has 0 radical (unpaired) electrons. The summed E-state index contributed by atoms with van der Waals surface area (Å²) >= 11 is 0. The first kappa shape index (κ1) is 12.7. The van der Waals surface area contributed by atoms with Gasteiger partial charge in [-0.2, -0.15) is 0 Å². The second-order valence-corrected chi connectivity index (χ2v) is 5.24. The van der Waals surface area contributed by atoms with Gasteiger partial charge in [-0.05, 0) is 36.4 Å². The first-order valence-corrected chi connectivity index (χ1v) is 7.04. The molecule has 0 unspecified atom stereocenters. The Balaban J connectivity index is 1.78. The molecule has 0 saturated carbocycles. The standard InChI is InChI=1S/C18H14N2O2/c1-22-13-6-7-15-12(8-13)10-17(20-15)18(21)16-9-11-4-2-3-5-14(11)19-16/h2-10,19-20H,1H3. The van der Waals surface area contributed by atoms with Crippen molar-refractivity contribution >= 4 is 27.6 Å². The van der Waals surface area contributed by atoms with Crippen LogP contribution in [0.15, 0.2) is 54.6 Å². The van der Waals surface area contributed by atoms with E-state index in [2.05, 4.69) is 9.97 Å². The van der Waals surface area contributed by atoms with E-state index in [1.165, 1.54) is 0 Å². The summed E-state index contributed by atoms with van der Waals surface area (Å²) in [6.07, 6.45) is 0. The van der Waals surface area contributed by atoms with Crippen LogP contribution in [0.2, 0.25) is 0 Å². The number of aromatic nitrogens is 2. The fraction of sp³-hybridized carbons (Fsp3) is 0.0556. The van der Waals surface area contributed by atoms with Gasteiger partial charge < -0.3 is 14.7 Å². The van der Waals surface area contributed by atoms with Gasteiger partial charge in [0.1, 0.15) is 5.75 Å². The van der Waals surface area contributed by atoms with Crippen molar-refractivity contribution in [2.75, 3.05) is 7.11 Å². The van der Waals surface area contributed by atoms with Gasteiger partial charge in [-0.1, -0.05) is 18.2 Å². The highest BCUT2D eigenvalue weighted by molar-refractivity contribution is 6.11. The molecule has 2 aromatic heterocycles. The molecule has 0 bridgehead atoms. The summed E-state index contributed by atoms with van der Waals surface area (Å²) in [5, 5.41) is 1.99. The lowest BCUT2D eigenvalue weighted by Crippen LogP contribution is -2.01. The number of hydrogen-bond donors (Lipinski definition) is 2. The number of ketones is 1. The van der Waals surface area contributed by atoms with E-state index in [0.717, 1.165) is 27.6 Å². The van der Waals surface area contributed by atoms with Crippen LogP contribution in [-0.2, 0) is 0 Å². The fourth-order valence-corrected chi connectivity index (χ4v) is 2.70. The lowest BCUT2D eigenvalue weighted by Gasteiger charge is -1.97. The fourth-order valence-electron chi connectivity index (χ4n) is 2.70. The molecule has 4 rings (SSSR count). The van der Waals surface area contributed by atoms with E-state index >= 15 is 0 Å². The maximum atomic E-state index is 12.6. The summed E-state index contributed by atoms with van der Waals surface area (Å²) in [5.74, 6) is 0.725. The molecule has 2 N–H and O–H groups in total. The van der Waals surface area contributed by atoms with Crippen molar-refractivity contribution in [3.63, 3.8) is 0 Å². The Bertz CT molecular complexity index is 962. The van der Waals surface area contributed by atoms with Gasteiger partial charge in [-0.15, -0.1) is 0 Å². The average Bonchev–Trinajstić information content (AvgIpc) is 3.16. The van der Waals surface area contributed by atoms with Crippen LogP contribution in [0.4, 0.5) is 0 Å². The molecule has 2 aromatic carbocycles. The molecule has 0 atom stereocenters. The highest BCUT2D eigenvalue weighted by Gasteiger charge is 2.14. The van der Waals surface area contributed by atoms with Gasteiger partial charge in [0.2, 0.25) is 5.78 Å². The summed E-state index contributed by atoms with van der Waals surface area (Å²) in [7, 11) is 1.63. The van der Waals surface area contributed by atoms with Crippen LogP contribution in [0.3, 0.4) is 0 Å². The van der Waals surface area contributed by atoms with Crippen molar-refractivity contribution in [2.45, 2.75) is 0 Å². The molecular formula is C18H14N2O2. The molecule has 2 heterocycles. The quantitative estimate of drug-likeness (QED) is 0.562. The highest BCUT2D eigenvalue weighted by Crippen LogP contribution is 2.23. The van der Waals surface area contributed by atoms with Gasteiger partial charge in [0, 0.05) is 21.8 Å². The highest BCUT2D eigenvalue weighted by atomic mass is 16.5. The van der Waals surface area contributed by atoms with Gasteiger partial charge in [-0.3, -0.25) is 4.79 Å². The number of fused-ring (bicyclic) bond motifs is 2.